The van der Waals surface area contributed by atoms with Gasteiger partial charge in [-0.3, -0.25) is 19.5 Å². The van der Waals surface area contributed by atoms with Crippen LogP contribution in [0.2, 0.25) is 0 Å². The van der Waals surface area contributed by atoms with Crippen molar-refractivity contribution in [2.75, 3.05) is 18.8 Å². The number of carbonyl (C=O) groups excluding carboxylic acids is 3. The van der Waals surface area contributed by atoms with Gasteiger partial charge in [0.25, 0.3) is 0 Å². The van der Waals surface area contributed by atoms with Gasteiger partial charge < -0.3 is 21.7 Å². The molecule has 10 heteroatoms. The van der Waals surface area contributed by atoms with Crippen molar-refractivity contribution in [2.24, 2.45) is 17.3 Å². The van der Waals surface area contributed by atoms with Crippen LogP contribution in [0.4, 0.5) is 5.95 Å². The number of nitrogen functional groups attached to an aromatic ring is 1. The van der Waals surface area contributed by atoms with Crippen LogP contribution in [0, 0.1) is 17.3 Å². The topological polar surface area (TPSA) is 155 Å². The average molecular weight is 446 g/mol. The quantitative estimate of drug-likeness (QED) is 0.373. The van der Waals surface area contributed by atoms with E-state index >= 15 is 0 Å². The molecule has 1 unspecified atom stereocenters. The van der Waals surface area contributed by atoms with Crippen LogP contribution in [0.15, 0.2) is 0 Å². The zero-order valence-corrected chi connectivity index (χ0v) is 18.6. The van der Waals surface area contributed by atoms with Crippen molar-refractivity contribution in [3.05, 3.63) is 5.82 Å². The van der Waals surface area contributed by atoms with E-state index in [1.807, 2.05) is 0 Å². The molecule has 0 aromatic carbocycles. The molecule has 1 aromatic heterocycles. The second-order valence-electron chi connectivity index (χ2n) is 9.61. The second-order valence-corrected chi connectivity index (χ2v) is 9.61. The molecule has 2 heterocycles. The molecular weight excluding hydrogens is 410 g/mol. The molecule has 1 saturated heterocycles. The highest BCUT2D eigenvalue weighted by molar-refractivity contribution is 6.06. The summed E-state index contributed by atoms with van der Waals surface area (Å²) in [6, 6.07) is 0.108. The van der Waals surface area contributed by atoms with Crippen LogP contribution >= 0.6 is 0 Å². The van der Waals surface area contributed by atoms with Gasteiger partial charge in [0, 0.05) is 32.0 Å². The maximum atomic E-state index is 13.2. The third kappa shape index (κ3) is 4.88. The largest absolute Gasteiger partial charge is 0.367 e. The fourth-order valence-corrected chi connectivity index (χ4v) is 5.81. The van der Waals surface area contributed by atoms with E-state index in [4.69, 9.17) is 5.73 Å². The molecule has 2 saturated carbocycles. The minimum Gasteiger partial charge on any atom is -0.367 e. The van der Waals surface area contributed by atoms with Crippen LogP contribution in [0.5, 0.6) is 0 Å². The molecule has 6 N–H and O–H groups in total. The van der Waals surface area contributed by atoms with Crippen molar-refractivity contribution >= 4 is 23.7 Å². The molecule has 0 radical (unpaired) electrons. The second kappa shape index (κ2) is 9.87. The molecule has 3 atom stereocenters. The summed E-state index contributed by atoms with van der Waals surface area (Å²) in [5, 5.41) is 15.6. The highest BCUT2D eigenvalue weighted by Crippen LogP contribution is 2.45. The fourth-order valence-electron chi connectivity index (χ4n) is 5.81. The van der Waals surface area contributed by atoms with E-state index < -0.39 is 5.41 Å². The highest BCUT2D eigenvalue weighted by atomic mass is 16.2. The molecule has 1 aromatic rings. The van der Waals surface area contributed by atoms with Crippen LogP contribution in [-0.2, 0) is 20.8 Å². The van der Waals surface area contributed by atoms with Crippen molar-refractivity contribution in [3.63, 3.8) is 0 Å². The van der Waals surface area contributed by atoms with Crippen molar-refractivity contribution < 1.29 is 14.4 Å². The first kappa shape index (κ1) is 22.5. The molecule has 176 valence electrons. The smallest absolute Gasteiger partial charge is 0.239 e. The van der Waals surface area contributed by atoms with Gasteiger partial charge in [0.2, 0.25) is 23.7 Å². The number of aryl methyl sites for hydroxylation is 1. The molecule has 2 aliphatic carbocycles. The van der Waals surface area contributed by atoms with E-state index in [9.17, 15) is 14.4 Å². The Bertz CT molecular complexity index is 835. The van der Waals surface area contributed by atoms with E-state index in [2.05, 4.69) is 31.1 Å². The Balaban J connectivity index is 1.25. The van der Waals surface area contributed by atoms with E-state index in [1.165, 1.54) is 0 Å². The third-order valence-electron chi connectivity index (χ3n) is 7.50. The Labute approximate surface area is 188 Å². The van der Waals surface area contributed by atoms with Crippen molar-refractivity contribution in [2.45, 2.75) is 76.7 Å². The number of amides is 3. The van der Waals surface area contributed by atoms with Gasteiger partial charge in [-0.25, -0.2) is 0 Å². The number of rotatable bonds is 8. The lowest BCUT2D eigenvalue weighted by Gasteiger charge is -2.33. The number of H-pyrrole nitrogens is 1. The van der Waals surface area contributed by atoms with Gasteiger partial charge in [0.1, 0.15) is 11.2 Å². The summed E-state index contributed by atoms with van der Waals surface area (Å²) in [6.45, 7) is 1.14. The number of nitrogens with one attached hydrogen (secondary N) is 4. The van der Waals surface area contributed by atoms with Gasteiger partial charge in [-0.2, -0.15) is 4.98 Å². The Hall–Kier alpha value is -2.65. The molecule has 3 fully saturated rings. The van der Waals surface area contributed by atoms with Crippen LogP contribution in [0.1, 0.15) is 70.0 Å². The summed E-state index contributed by atoms with van der Waals surface area (Å²) in [7, 11) is 0. The fraction of sp³-hybridized carbons (Fsp3) is 0.773. The first-order valence-corrected chi connectivity index (χ1v) is 12.0. The maximum Gasteiger partial charge on any atom is 0.239 e. The standard InChI is InChI=1S/C22H35N7O3/c23-21-27-17(28-29-21)8-9-18(30)26-16-7-3-4-14(12-16)13-25-20(32)22(10-11-24-19(22)31)15-5-1-2-6-15/h14-16H,1-13H2,(H,24,31)(H,25,32)(H,26,30)(H3,23,27,28,29)/t14-,16+,22?/m0/s1. The van der Waals surface area contributed by atoms with Crippen molar-refractivity contribution in [1.29, 1.82) is 0 Å². The Morgan fingerprint density at radius 2 is 1.97 bits per heavy atom. The first-order chi connectivity index (χ1) is 15.5. The summed E-state index contributed by atoms with van der Waals surface area (Å²) < 4.78 is 0. The average Bonchev–Trinajstić information content (AvgIpc) is 3.52. The molecule has 32 heavy (non-hydrogen) atoms. The number of nitrogens with zero attached hydrogens (tertiary/aromatic N) is 2. The van der Waals surface area contributed by atoms with E-state index in [0.29, 0.717) is 44.1 Å². The molecule has 0 bridgehead atoms. The number of carbonyl (C=O) groups is 3. The molecule has 3 amide bonds. The number of nitrogens with two attached hydrogens (primary N) is 1. The summed E-state index contributed by atoms with van der Waals surface area (Å²) in [4.78, 5) is 42.3. The summed E-state index contributed by atoms with van der Waals surface area (Å²) in [6.07, 6.45) is 9.32. The molecule has 4 rings (SSSR count). The maximum absolute atomic E-state index is 13.2. The van der Waals surface area contributed by atoms with E-state index in [1.54, 1.807) is 0 Å². The summed E-state index contributed by atoms with van der Waals surface area (Å²) in [5.74, 6) is 1.04. The lowest BCUT2D eigenvalue weighted by molar-refractivity contribution is -0.144. The SMILES string of the molecule is Nc1n[nH]c(CCC(=O)N[C@@H]2CCC[C@H](CNC(=O)C3(C4CCCC4)CCNC3=O)C2)n1. The number of hydrogen-bond acceptors (Lipinski definition) is 6. The van der Waals surface area contributed by atoms with Gasteiger partial charge in [-0.1, -0.05) is 19.3 Å². The zero-order valence-electron chi connectivity index (χ0n) is 18.6. The van der Waals surface area contributed by atoms with Gasteiger partial charge >= 0.3 is 0 Å². The van der Waals surface area contributed by atoms with Crippen LogP contribution in [0.25, 0.3) is 0 Å². The van der Waals surface area contributed by atoms with Gasteiger partial charge in [-0.15, -0.1) is 5.10 Å². The number of aromatic amines is 1. The predicted octanol–water partition coefficient (Wildman–Crippen LogP) is 0.807. The zero-order chi connectivity index (χ0) is 22.6. The van der Waals surface area contributed by atoms with E-state index in [0.717, 1.165) is 51.4 Å². The highest BCUT2D eigenvalue weighted by Gasteiger charge is 2.54. The van der Waals surface area contributed by atoms with Gasteiger partial charge in [-0.05, 0) is 50.4 Å². The monoisotopic (exact) mass is 445 g/mol. The summed E-state index contributed by atoms with van der Waals surface area (Å²) >= 11 is 0. The van der Waals surface area contributed by atoms with Gasteiger partial charge in [0.05, 0.1) is 0 Å². The minimum atomic E-state index is -0.886. The van der Waals surface area contributed by atoms with E-state index in [-0.39, 0.29) is 35.6 Å². The van der Waals surface area contributed by atoms with Crippen LogP contribution in [-0.4, -0.2) is 52.0 Å². The molecule has 0 spiro atoms. The molecular formula is C22H35N7O3. The van der Waals surface area contributed by atoms with Crippen LogP contribution < -0.4 is 21.7 Å². The molecule has 3 aliphatic rings. The Morgan fingerprint density at radius 1 is 1.16 bits per heavy atom. The Kier molecular flexibility index (Phi) is 6.95. The number of anilines is 1. The predicted molar refractivity (Wildman–Crippen MR) is 118 cm³/mol. The van der Waals surface area contributed by atoms with Crippen LogP contribution in [0.3, 0.4) is 0 Å². The summed E-state index contributed by atoms with van der Waals surface area (Å²) in [5.41, 5.74) is 4.60. The van der Waals surface area contributed by atoms with Crippen molar-refractivity contribution in [1.82, 2.24) is 31.1 Å². The van der Waals surface area contributed by atoms with Crippen molar-refractivity contribution in [3.8, 4) is 0 Å². The lowest BCUT2D eigenvalue weighted by Crippen LogP contribution is -2.51. The third-order valence-corrected chi connectivity index (χ3v) is 7.50. The normalized spacial score (nSPS) is 28.4. The number of hydrogen-bond donors (Lipinski definition) is 5. The molecule has 10 nitrogen and oxygen atoms in total. The molecule has 1 aliphatic heterocycles. The lowest BCUT2D eigenvalue weighted by atomic mass is 9.72. The van der Waals surface area contributed by atoms with Gasteiger partial charge in [0.15, 0.2) is 0 Å². The minimum absolute atomic E-state index is 0.0162. The Morgan fingerprint density at radius 3 is 2.66 bits per heavy atom. The number of aromatic nitrogens is 3. The first-order valence-electron chi connectivity index (χ1n) is 12.0.